The van der Waals surface area contributed by atoms with Crippen LogP contribution >= 0.6 is 11.3 Å². The normalized spacial score (nSPS) is 22.8. The number of amides is 1. The minimum absolute atomic E-state index is 0.0978. The Balaban J connectivity index is 1.60. The molecule has 0 saturated carbocycles. The van der Waals surface area contributed by atoms with Crippen LogP contribution in [0.2, 0.25) is 0 Å². The molecule has 5 nitrogen and oxygen atoms in total. The summed E-state index contributed by atoms with van der Waals surface area (Å²) in [5.41, 5.74) is 0.693. The molecule has 2 aromatic rings. The molecule has 7 heteroatoms. The number of hydrogen-bond donors (Lipinski definition) is 1. The van der Waals surface area contributed by atoms with Crippen molar-refractivity contribution in [3.63, 3.8) is 0 Å². The molecule has 0 radical (unpaired) electrons. The highest BCUT2D eigenvalue weighted by atomic mass is 32.1. The molecule has 2 heterocycles. The van der Waals surface area contributed by atoms with E-state index in [1.807, 2.05) is 20.8 Å². The molecule has 1 saturated heterocycles. The summed E-state index contributed by atoms with van der Waals surface area (Å²) in [6.45, 7) is 6.12. The molecule has 1 aliphatic rings. The Hall–Kier alpha value is -1.99. The van der Waals surface area contributed by atoms with Crippen molar-refractivity contribution in [1.29, 1.82) is 0 Å². The van der Waals surface area contributed by atoms with Gasteiger partial charge in [-0.1, -0.05) is 0 Å². The number of rotatable bonds is 5. The van der Waals surface area contributed by atoms with Crippen LogP contribution < -0.4 is 10.1 Å². The summed E-state index contributed by atoms with van der Waals surface area (Å²) in [6.07, 6.45) is 1.92. The number of hydrogen-bond acceptors (Lipinski definition) is 5. The van der Waals surface area contributed by atoms with Crippen LogP contribution in [-0.2, 0) is 11.3 Å². The largest absolute Gasteiger partial charge is 0.486 e. The lowest BCUT2D eigenvalue weighted by Gasteiger charge is -2.32. The number of carbonyl (C=O) groups excluding carboxylic acids is 1. The van der Waals surface area contributed by atoms with Crippen molar-refractivity contribution in [2.75, 3.05) is 0 Å². The van der Waals surface area contributed by atoms with Gasteiger partial charge in [-0.05, 0) is 57.9 Å². The first kappa shape index (κ1) is 18.8. The molecular weight excluding hydrogens is 355 g/mol. The van der Waals surface area contributed by atoms with Crippen molar-refractivity contribution in [2.45, 2.75) is 58.5 Å². The molecule has 1 fully saturated rings. The van der Waals surface area contributed by atoms with Crippen molar-refractivity contribution >= 4 is 17.2 Å². The van der Waals surface area contributed by atoms with Gasteiger partial charge in [-0.2, -0.15) is 0 Å². The zero-order chi connectivity index (χ0) is 18.7. The van der Waals surface area contributed by atoms with Gasteiger partial charge in [0.2, 0.25) is 0 Å². The fourth-order valence-corrected chi connectivity index (χ4v) is 4.06. The average Bonchev–Trinajstić information content (AvgIpc) is 2.94. The molecule has 3 rings (SSSR count). The van der Waals surface area contributed by atoms with E-state index in [-0.39, 0.29) is 36.6 Å². The van der Waals surface area contributed by atoms with Gasteiger partial charge in [-0.15, -0.1) is 11.3 Å². The molecule has 0 spiro atoms. The summed E-state index contributed by atoms with van der Waals surface area (Å²) in [5.74, 6) is 0.160. The summed E-state index contributed by atoms with van der Waals surface area (Å²) in [5, 5.41) is 3.81. The number of thiazole rings is 1. The van der Waals surface area contributed by atoms with Gasteiger partial charge in [0.25, 0.3) is 5.91 Å². The third kappa shape index (κ3) is 4.80. The smallest absolute Gasteiger partial charge is 0.263 e. The first-order valence-corrected chi connectivity index (χ1v) is 9.53. The maximum Gasteiger partial charge on any atom is 0.263 e. The zero-order valence-electron chi connectivity index (χ0n) is 15.1. The number of benzene rings is 1. The van der Waals surface area contributed by atoms with E-state index in [0.29, 0.717) is 21.3 Å². The average molecular weight is 378 g/mol. The van der Waals surface area contributed by atoms with Crippen molar-refractivity contribution in [3.8, 4) is 5.75 Å². The molecule has 1 aromatic heterocycles. The van der Waals surface area contributed by atoms with Gasteiger partial charge in [0.15, 0.2) is 0 Å². The summed E-state index contributed by atoms with van der Waals surface area (Å²) in [6, 6.07) is 5.93. The minimum atomic E-state index is -0.307. The second kappa shape index (κ2) is 8.14. The second-order valence-electron chi connectivity index (χ2n) is 6.66. The lowest BCUT2D eigenvalue weighted by Crippen LogP contribution is -2.43. The summed E-state index contributed by atoms with van der Waals surface area (Å²) >= 11 is 1.33. The van der Waals surface area contributed by atoms with E-state index < -0.39 is 0 Å². The Labute approximate surface area is 156 Å². The molecule has 0 bridgehead atoms. The van der Waals surface area contributed by atoms with Crippen molar-refractivity contribution in [2.24, 2.45) is 0 Å². The van der Waals surface area contributed by atoms with Gasteiger partial charge in [-0.3, -0.25) is 4.79 Å². The predicted molar refractivity (Wildman–Crippen MR) is 98.1 cm³/mol. The summed E-state index contributed by atoms with van der Waals surface area (Å²) in [4.78, 5) is 17.6. The first-order valence-electron chi connectivity index (χ1n) is 8.71. The van der Waals surface area contributed by atoms with Gasteiger partial charge >= 0.3 is 0 Å². The molecule has 1 amide bonds. The van der Waals surface area contributed by atoms with Gasteiger partial charge < -0.3 is 14.8 Å². The van der Waals surface area contributed by atoms with Crippen LogP contribution in [0.5, 0.6) is 5.75 Å². The number of nitrogens with zero attached hydrogens (tertiary/aromatic N) is 1. The lowest BCUT2D eigenvalue weighted by molar-refractivity contribution is -0.0407. The van der Waals surface area contributed by atoms with Crippen LogP contribution in [0.15, 0.2) is 24.3 Å². The van der Waals surface area contributed by atoms with E-state index in [4.69, 9.17) is 9.47 Å². The summed E-state index contributed by atoms with van der Waals surface area (Å²) < 4.78 is 24.2. The van der Waals surface area contributed by atoms with Crippen LogP contribution in [0.4, 0.5) is 4.39 Å². The number of ether oxygens (including phenoxy) is 2. The highest BCUT2D eigenvalue weighted by Crippen LogP contribution is 2.23. The standard InChI is InChI=1S/C19H23FN2O3S/c1-11-8-15(9-12(2)25-11)22-19(23)18-13(3)21-17(26-18)10-24-16-6-4-14(20)5-7-16/h4-7,11-12,15H,8-10H2,1-3H3,(H,22,23). The van der Waals surface area contributed by atoms with Gasteiger partial charge in [0.1, 0.15) is 28.1 Å². The van der Waals surface area contributed by atoms with E-state index in [0.717, 1.165) is 12.8 Å². The number of halogens is 1. The number of carbonyl (C=O) groups is 1. The molecule has 2 atom stereocenters. The van der Waals surface area contributed by atoms with E-state index >= 15 is 0 Å². The second-order valence-corrected chi connectivity index (χ2v) is 7.75. The molecule has 1 aromatic carbocycles. The summed E-state index contributed by atoms with van der Waals surface area (Å²) in [7, 11) is 0. The number of aromatic nitrogens is 1. The Kier molecular flexibility index (Phi) is 5.88. The minimum Gasteiger partial charge on any atom is -0.486 e. The van der Waals surface area contributed by atoms with E-state index in [1.54, 1.807) is 12.1 Å². The fourth-order valence-electron chi connectivity index (χ4n) is 3.17. The highest BCUT2D eigenvalue weighted by Gasteiger charge is 2.27. The number of nitrogens with one attached hydrogen (secondary N) is 1. The van der Waals surface area contributed by atoms with Crippen LogP contribution in [0, 0.1) is 12.7 Å². The predicted octanol–water partition coefficient (Wildman–Crippen LogP) is 3.86. The monoisotopic (exact) mass is 378 g/mol. The Morgan fingerprint density at radius 3 is 2.62 bits per heavy atom. The Bertz CT molecular complexity index is 753. The zero-order valence-corrected chi connectivity index (χ0v) is 15.9. The molecule has 1 aliphatic heterocycles. The van der Waals surface area contributed by atoms with Crippen molar-refractivity contribution in [3.05, 3.63) is 45.7 Å². The fraction of sp³-hybridized carbons (Fsp3) is 0.474. The molecule has 26 heavy (non-hydrogen) atoms. The lowest BCUT2D eigenvalue weighted by atomic mass is 10.00. The number of aryl methyl sites for hydroxylation is 1. The van der Waals surface area contributed by atoms with E-state index in [1.165, 1.54) is 23.5 Å². The topological polar surface area (TPSA) is 60.5 Å². The highest BCUT2D eigenvalue weighted by molar-refractivity contribution is 7.13. The van der Waals surface area contributed by atoms with Crippen LogP contribution in [-0.4, -0.2) is 29.1 Å². The molecule has 0 aliphatic carbocycles. The van der Waals surface area contributed by atoms with Crippen molar-refractivity contribution < 1.29 is 18.7 Å². The van der Waals surface area contributed by atoms with Gasteiger partial charge in [0.05, 0.1) is 17.9 Å². The third-order valence-electron chi connectivity index (χ3n) is 4.26. The van der Waals surface area contributed by atoms with Crippen LogP contribution in [0.1, 0.15) is 47.1 Å². The maximum atomic E-state index is 12.9. The van der Waals surface area contributed by atoms with E-state index in [2.05, 4.69) is 10.3 Å². The van der Waals surface area contributed by atoms with Crippen LogP contribution in [0.25, 0.3) is 0 Å². The van der Waals surface area contributed by atoms with Crippen molar-refractivity contribution in [1.82, 2.24) is 10.3 Å². The first-order chi connectivity index (χ1) is 12.4. The Morgan fingerprint density at radius 2 is 1.96 bits per heavy atom. The molecule has 2 unspecified atom stereocenters. The van der Waals surface area contributed by atoms with Crippen LogP contribution in [0.3, 0.4) is 0 Å². The third-order valence-corrected chi connectivity index (χ3v) is 5.39. The Morgan fingerprint density at radius 1 is 1.31 bits per heavy atom. The quantitative estimate of drug-likeness (QED) is 0.858. The maximum absolute atomic E-state index is 12.9. The SMILES string of the molecule is Cc1nc(COc2ccc(F)cc2)sc1C(=O)NC1CC(C)OC(C)C1. The van der Waals surface area contributed by atoms with E-state index in [9.17, 15) is 9.18 Å². The molecule has 1 N–H and O–H groups in total. The molecular formula is C19H23FN2O3S. The van der Waals surface area contributed by atoms with Gasteiger partial charge in [-0.25, -0.2) is 9.37 Å². The molecule has 140 valence electrons. The van der Waals surface area contributed by atoms with Gasteiger partial charge in [0, 0.05) is 6.04 Å².